The van der Waals surface area contributed by atoms with Crippen molar-refractivity contribution in [1.29, 1.82) is 0 Å². The molecule has 1 aliphatic rings. The molecule has 0 unspecified atom stereocenters. The highest BCUT2D eigenvalue weighted by atomic mass is 16.5. The first kappa shape index (κ1) is 16.9. The Morgan fingerprint density at radius 1 is 1.32 bits per heavy atom. The van der Waals surface area contributed by atoms with Crippen molar-refractivity contribution >= 4 is 5.91 Å². The first-order chi connectivity index (χ1) is 10.6. The van der Waals surface area contributed by atoms with Crippen LogP contribution in [-0.4, -0.2) is 64.5 Å². The average Bonchev–Trinajstić information content (AvgIpc) is 3.05. The Morgan fingerprint density at radius 3 is 2.64 bits per heavy atom. The molecule has 0 aliphatic carbocycles. The highest BCUT2D eigenvalue weighted by molar-refractivity contribution is 5.79. The van der Waals surface area contributed by atoms with Crippen molar-refractivity contribution in [1.82, 2.24) is 25.0 Å². The molecule has 0 bridgehead atoms. The zero-order valence-corrected chi connectivity index (χ0v) is 13.7. The summed E-state index contributed by atoms with van der Waals surface area (Å²) < 4.78 is 6.99. The van der Waals surface area contributed by atoms with Gasteiger partial charge in [0.25, 0.3) is 0 Å². The van der Waals surface area contributed by atoms with E-state index in [1.54, 1.807) is 11.0 Å². The van der Waals surface area contributed by atoms with Crippen LogP contribution in [0.3, 0.4) is 0 Å². The van der Waals surface area contributed by atoms with Gasteiger partial charge in [-0.2, -0.15) is 5.10 Å². The number of aromatic nitrogens is 3. The number of morpholine rings is 1. The topological polar surface area (TPSA) is 72.3 Å². The maximum atomic E-state index is 12.3. The first-order valence-corrected chi connectivity index (χ1v) is 8.01. The zero-order chi connectivity index (χ0) is 15.9. The largest absolute Gasteiger partial charge is 0.379 e. The van der Waals surface area contributed by atoms with Crippen molar-refractivity contribution in [2.75, 3.05) is 32.8 Å². The molecule has 124 valence electrons. The van der Waals surface area contributed by atoms with E-state index < -0.39 is 0 Å². The average molecular weight is 309 g/mol. The van der Waals surface area contributed by atoms with Crippen molar-refractivity contribution in [3.63, 3.8) is 0 Å². The first-order valence-electron chi connectivity index (χ1n) is 8.01. The lowest BCUT2D eigenvalue weighted by Crippen LogP contribution is -2.50. The summed E-state index contributed by atoms with van der Waals surface area (Å²) in [7, 11) is 0. The summed E-state index contributed by atoms with van der Waals surface area (Å²) in [6, 6.07) is 0.0164. The quantitative estimate of drug-likeness (QED) is 0.803. The molecule has 0 aromatic carbocycles. The summed E-state index contributed by atoms with van der Waals surface area (Å²) in [5, 5.41) is 7.08. The molecule has 1 fully saturated rings. The van der Waals surface area contributed by atoms with Gasteiger partial charge in [0.15, 0.2) is 0 Å². The fourth-order valence-electron chi connectivity index (χ4n) is 2.75. The van der Waals surface area contributed by atoms with Gasteiger partial charge < -0.3 is 10.1 Å². The molecule has 0 spiro atoms. The van der Waals surface area contributed by atoms with E-state index in [1.807, 2.05) is 6.92 Å². The Morgan fingerprint density at radius 2 is 2.05 bits per heavy atom. The van der Waals surface area contributed by atoms with Gasteiger partial charge >= 0.3 is 0 Å². The number of amides is 1. The third-order valence-corrected chi connectivity index (χ3v) is 4.03. The van der Waals surface area contributed by atoms with Crippen molar-refractivity contribution in [3.8, 4) is 0 Å². The van der Waals surface area contributed by atoms with Gasteiger partial charge in [-0.1, -0.05) is 13.8 Å². The van der Waals surface area contributed by atoms with E-state index in [-0.39, 0.29) is 11.9 Å². The van der Waals surface area contributed by atoms with E-state index >= 15 is 0 Å². The smallest absolute Gasteiger partial charge is 0.244 e. The lowest BCUT2D eigenvalue weighted by Gasteiger charge is -2.35. The van der Waals surface area contributed by atoms with E-state index in [2.05, 4.69) is 34.1 Å². The molecule has 22 heavy (non-hydrogen) atoms. The van der Waals surface area contributed by atoms with Crippen LogP contribution in [0.5, 0.6) is 0 Å². The Bertz CT molecular complexity index is 443. The number of hydrogen-bond donors (Lipinski definition) is 1. The number of carbonyl (C=O) groups is 1. The van der Waals surface area contributed by atoms with Gasteiger partial charge in [0.2, 0.25) is 5.91 Å². The molecule has 1 aromatic rings. The van der Waals surface area contributed by atoms with E-state index in [1.165, 1.54) is 6.33 Å². The summed E-state index contributed by atoms with van der Waals surface area (Å²) in [5.41, 5.74) is 0. The van der Waals surface area contributed by atoms with E-state index in [4.69, 9.17) is 4.74 Å². The molecule has 7 nitrogen and oxygen atoms in total. The summed E-state index contributed by atoms with van der Waals surface area (Å²) in [5.74, 6) is 0.574. The van der Waals surface area contributed by atoms with Gasteiger partial charge in [-0.05, 0) is 19.3 Å². The lowest BCUT2D eigenvalue weighted by atomic mass is 10.0. The minimum Gasteiger partial charge on any atom is -0.379 e. The second-order valence-electron chi connectivity index (χ2n) is 6.23. The van der Waals surface area contributed by atoms with Crippen molar-refractivity contribution in [2.45, 2.75) is 39.3 Å². The Kier molecular flexibility index (Phi) is 6.33. The Balaban J connectivity index is 1.88. The number of hydrogen-bond acceptors (Lipinski definition) is 5. The Labute approximate surface area is 132 Å². The molecule has 2 rings (SSSR count). The normalized spacial score (nSPS) is 19.1. The Hall–Kier alpha value is -1.47. The highest BCUT2D eigenvalue weighted by Gasteiger charge is 2.23. The van der Waals surface area contributed by atoms with Crippen molar-refractivity contribution < 1.29 is 9.53 Å². The summed E-state index contributed by atoms with van der Waals surface area (Å²) in [6.07, 6.45) is 4.08. The zero-order valence-electron chi connectivity index (χ0n) is 13.7. The minimum atomic E-state index is -0.341. The molecule has 0 radical (unpaired) electrons. The number of ether oxygens (including phenoxy) is 1. The molecule has 1 aromatic heterocycles. The molecule has 1 amide bonds. The summed E-state index contributed by atoms with van der Waals surface area (Å²) in [4.78, 5) is 18.6. The van der Waals surface area contributed by atoms with E-state index in [9.17, 15) is 4.79 Å². The van der Waals surface area contributed by atoms with E-state index in [0.29, 0.717) is 18.5 Å². The van der Waals surface area contributed by atoms with E-state index in [0.717, 1.165) is 32.7 Å². The van der Waals surface area contributed by atoms with Crippen LogP contribution in [0, 0.1) is 5.92 Å². The third kappa shape index (κ3) is 4.78. The maximum absolute atomic E-state index is 12.3. The van der Waals surface area contributed by atoms with Gasteiger partial charge in [-0.3, -0.25) is 9.69 Å². The van der Waals surface area contributed by atoms with Crippen LogP contribution in [0.25, 0.3) is 0 Å². The summed E-state index contributed by atoms with van der Waals surface area (Å²) >= 11 is 0. The fourth-order valence-corrected chi connectivity index (χ4v) is 2.75. The molecule has 1 N–H and O–H groups in total. The molecule has 2 heterocycles. The van der Waals surface area contributed by atoms with Gasteiger partial charge in [0.1, 0.15) is 18.7 Å². The van der Waals surface area contributed by atoms with Gasteiger partial charge in [0.05, 0.1) is 13.2 Å². The van der Waals surface area contributed by atoms with Crippen molar-refractivity contribution in [2.24, 2.45) is 5.92 Å². The second kappa shape index (κ2) is 8.24. The predicted molar refractivity (Wildman–Crippen MR) is 83.4 cm³/mol. The molecule has 2 atom stereocenters. The minimum absolute atomic E-state index is 0.0208. The molecule has 0 saturated carbocycles. The molecule has 7 heteroatoms. The van der Waals surface area contributed by atoms with Gasteiger partial charge in [0, 0.05) is 25.7 Å². The third-order valence-electron chi connectivity index (χ3n) is 4.03. The van der Waals surface area contributed by atoms with Crippen LogP contribution in [0.15, 0.2) is 12.7 Å². The standard InChI is InChI=1S/C15H27N5O2/c1-12(2)8-14(19-4-6-22-7-5-19)9-17-15(21)13(3)20-11-16-10-18-20/h10-14H,4-9H2,1-3H3,(H,17,21)/t13-,14+/m1/s1. The van der Waals surface area contributed by atoms with Gasteiger partial charge in [-0.15, -0.1) is 0 Å². The van der Waals surface area contributed by atoms with Gasteiger partial charge in [-0.25, -0.2) is 9.67 Å². The highest BCUT2D eigenvalue weighted by Crippen LogP contribution is 2.13. The second-order valence-corrected chi connectivity index (χ2v) is 6.23. The molecule has 1 aliphatic heterocycles. The van der Waals surface area contributed by atoms with Crippen LogP contribution < -0.4 is 5.32 Å². The number of rotatable bonds is 7. The monoisotopic (exact) mass is 309 g/mol. The number of nitrogens with one attached hydrogen (secondary N) is 1. The van der Waals surface area contributed by atoms with Crippen LogP contribution >= 0.6 is 0 Å². The lowest BCUT2D eigenvalue weighted by molar-refractivity contribution is -0.124. The molecule has 1 saturated heterocycles. The number of carbonyl (C=O) groups excluding carboxylic acids is 1. The van der Waals surface area contributed by atoms with Crippen LogP contribution in [0.4, 0.5) is 0 Å². The molecular weight excluding hydrogens is 282 g/mol. The van der Waals surface area contributed by atoms with Crippen LogP contribution in [-0.2, 0) is 9.53 Å². The predicted octanol–water partition coefficient (Wildman–Crippen LogP) is 0.702. The SMILES string of the molecule is CC(C)C[C@@H](CNC(=O)[C@@H](C)n1cncn1)N1CCOCC1. The summed E-state index contributed by atoms with van der Waals surface area (Å²) in [6.45, 7) is 10.3. The fraction of sp³-hybridized carbons (Fsp3) is 0.800. The maximum Gasteiger partial charge on any atom is 0.244 e. The van der Waals surface area contributed by atoms with Crippen LogP contribution in [0.1, 0.15) is 33.2 Å². The number of nitrogens with zero attached hydrogens (tertiary/aromatic N) is 4. The van der Waals surface area contributed by atoms with Crippen LogP contribution in [0.2, 0.25) is 0 Å². The molecular formula is C15H27N5O2. The van der Waals surface area contributed by atoms with Crippen molar-refractivity contribution in [3.05, 3.63) is 12.7 Å².